The Kier molecular flexibility index (Phi) is 7.66. The maximum Gasteiger partial charge on any atom is 0.204 e. The second kappa shape index (κ2) is 10.9. The van der Waals surface area contributed by atoms with Crippen molar-refractivity contribution in [1.82, 2.24) is 19.2 Å². The Balaban J connectivity index is 1.58. The molecule has 0 bridgehead atoms. The highest BCUT2D eigenvalue weighted by molar-refractivity contribution is 7.71. The number of aromatic nitrogens is 3. The van der Waals surface area contributed by atoms with Gasteiger partial charge in [0.25, 0.3) is 0 Å². The van der Waals surface area contributed by atoms with Gasteiger partial charge in [-0.15, -0.1) is 16.4 Å². The molecule has 0 spiro atoms. The zero-order chi connectivity index (χ0) is 24.1. The first kappa shape index (κ1) is 24.0. The van der Waals surface area contributed by atoms with Gasteiger partial charge in [0.2, 0.25) is 4.77 Å². The molecule has 0 saturated carbocycles. The van der Waals surface area contributed by atoms with Crippen molar-refractivity contribution in [3.05, 3.63) is 70.3 Å². The number of rotatable bonds is 10. The van der Waals surface area contributed by atoms with Gasteiger partial charge in [0, 0.05) is 6.54 Å². The van der Waals surface area contributed by atoms with E-state index < -0.39 is 0 Å². The normalized spacial score (nSPS) is 11.1. The van der Waals surface area contributed by atoms with E-state index in [1.54, 1.807) is 32.7 Å². The fourth-order valence-corrected chi connectivity index (χ4v) is 4.73. The lowest BCUT2D eigenvalue weighted by molar-refractivity contribution is 0.255. The monoisotopic (exact) mass is 496 g/mol. The van der Waals surface area contributed by atoms with Crippen LogP contribution in [-0.4, -0.2) is 54.2 Å². The highest BCUT2D eigenvalue weighted by Crippen LogP contribution is 2.31. The Morgan fingerprint density at radius 3 is 2.41 bits per heavy atom. The first-order valence-electron chi connectivity index (χ1n) is 10.8. The average molecular weight is 497 g/mol. The van der Waals surface area contributed by atoms with Gasteiger partial charge in [-0.25, -0.2) is 4.68 Å². The fourth-order valence-electron chi connectivity index (χ4n) is 3.75. The van der Waals surface area contributed by atoms with Crippen LogP contribution in [0.1, 0.15) is 5.56 Å². The summed E-state index contributed by atoms with van der Waals surface area (Å²) in [6.45, 7) is 1.39. The van der Waals surface area contributed by atoms with Crippen molar-refractivity contribution >= 4 is 23.6 Å². The average Bonchev–Trinajstić information content (AvgIpc) is 3.51. The molecule has 2 heterocycles. The highest BCUT2D eigenvalue weighted by Gasteiger charge is 2.18. The van der Waals surface area contributed by atoms with Crippen LogP contribution in [0.15, 0.2) is 60.0 Å². The molecule has 0 aliphatic rings. The first-order chi connectivity index (χ1) is 16.5. The molecule has 0 amide bonds. The van der Waals surface area contributed by atoms with Crippen LogP contribution < -0.4 is 14.2 Å². The van der Waals surface area contributed by atoms with Gasteiger partial charge in [-0.05, 0) is 67.0 Å². The molecule has 34 heavy (non-hydrogen) atoms. The minimum Gasteiger partial charge on any atom is -0.495 e. The Morgan fingerprint density at radius 2 is 1.71 bits per heavy atom. The number of benzene rings is 2. The number of para-hydroxylation sites is 2. The maximum atomic E-state index is 5.89. The van der Waals surface area contributed by atoms with Crippen LogP contribution >= 0.6 is 23.6 Å². The first-order valence-corrected chi connectivity index (χ1v) is 12.1. The predicted molar refractivity (Wildman–Crippen MR) is 138 cm³/mol. The third-order valence-electron chi connectivity index (χ3n) is 5.51. The zero-order valence-electron chi connectivity index (χ0n) is 19.7. The number of hydrogen-bond donors (Lipinski definition) is 0. The Hall–Kier alpha value is -3.14. The molecule has 0 N–H and O–H groups in total. The van der Waals surface area contributed by atoms with Crippen LogP contribution in [0.4, 0.5) is 0 Å². The maximum absolute atomic E-state index is 5.89. The van der Waals surface area contributed by atoms with Gasteiger partial charge in [0.1, 0.15) is 5.75 Å². The van der Waals surface area contributed by atoms with Crippen molar-refractivity contribution in [3.63, 3.8) is 0 Å². The molecular formula is C25H28N4O3S2. The van der Waals surface area contributed by atoms with Crippen molar-refractivity contribution in [2.75, 3.05) is 34.9 Å². The van der Waals surface area contributed by atoms with E-state index in [0.29, 0.717) is 11.4 Å². The van der Waals surface area contributed by atoms with Crippen molar-refractivity contribution in [1.29, 1.82) is 0 Å². The van der Waals surface area contributed by atoms with E-state index in [0.717, 1.165) is 46.6 Å². The lowest BCUT2D eigenvalue weighted by atomic mass is 10.1. The Labute approximate surface area is 208 Å². The molecule has 9 heteroatoms. The minimum atomic E-state index is 0.562. The highest BCUT2D eigenvalue weighted by atomic mass is 32.1. The van der Waals surface area contributed by atoms with Gasteiger partial charge < -0.3 is 14.2 Å². The summed E-state index contributed by atoms with van der Waals surface area (Å²) in [5.41, 5.74) is 2.05. The SMILES string of the molecule is COc1ccc(CCN(C)Cn2nc(-c3cccs3)n(-c3ccccc3OC)c2=S)cc1OC. The smallest absolute Gasteiger partial charge is 0.204 e. The molecule has 4 aromatic rings. The van der Waals surface area contributed by atoms with Crippen LogP contribution in [0.25, 0.3) is 16.4 Å². The topological polar surface area (TPSA) is 53.7 Å². The Bertz CT molecular complexity index is 1300. The van der Waals surface area contributed by atoms with Gasteiger partial charge >= 0.3 is 0 Å². The molecule has 0 fully saturated rings. The van der Waals surface area contributed by atoms with E-state index in [1.165, 1.54) is 5.56 Å². The summed E-state index contributed by atoms with van der Waals surface area (Å²) >= 11 is 7.52. The van der Waals surface area contributed by atoms with Crippen LogP contribution in [0.2, 0.25) is 0 Å². The van der Waals surface area contributed by atoms with Crippen LogP contribution in [-0.2, 0) is 13.1 Å². The molecule has 178 valence electrons. The summed E-state index contributed by atoms with van der Waals surface area (Å²) in [6, 6.07) is 17.9. The molecule has 4 rings (SSSR count). The molecule has 0 unspecified atom stereocenters. The largest absolute Gasteiger partial charge is 0.495 e. The van der Waals surface area contributed by atoms with Gasteiger partial charge in [-0.3, -0.25) is 9.47 Å². The minimum absolute atomic E-state index is 0.562. The van der Waals surface area contributed by atoms with Crippen molar-refractivity contribution in [2.24, 2.45) is 0 Å². The molecule has 0 atom stereocenters. The standard InChI is InChI=1S/C25H28N4O3S2/c1-27(14-13-18-11-12-21(31-3)22(16-18)32-4)17-28-25(33)29(19-8-5-6-9-20(19)30-2)24(26-28)23-10-7-15-34-23/h5-12,15-16H,13-14,17H2,1-4H3. The van der Waals surface area contributed by atoms with Crippen LogP contribution in [0.5, 0.6) is 17.2 Å². The number of methoxy groups -OCH3 is 3. The van der Waals surface area contributed by atoms with Crippen molar-refractivity contribution in [3.8, 4) is 33.6 Å². The number of nitrogens with zero attached hydrogens (tertiary/aromatic N) is 4. The number of ether oxygens (including phenoxy) is 3. The number of thiophene rings is 1. The third-order valence-corrected chi connectivity index (χ3v) is 6.77. The quantitative estimate of drug-likeness (QED) is 0.278. The van der Waals surface area contributed by atoms with E-state index in [9.17, 15) is 0 Å². The summed E-state index contributed by atoms with van der Waals surface area (Å²) in [5, 5.41) is 6.94. The zero-order valence-corrected chi connectivity index (χ0v) is 21.4. The summed E-state index contributed by atoms with van der Waals surface area (Å²) in [4.78, 5) is 3.24. The summed E-state index contributed by atoms with van der Waals surface area (Å²) in [7, 11) is 7.03. The Morgan fingerprint density at radius 1 is 0.941 bits per heavy atom. The third kappa shape index (κ3) is 5.01. The molecular weight excluding hydrogens is 468 g/mol. The van der Waals surface area contributed by atoms with Gasteiger partial charge in [0.15, 0.2) is 17.3 Å². The molecule has 0 radical (unpaired) electrons. The summed E-state index contributed by atoms with van der Waals surface area (Å²) in [5.74, 6) is 3.02. The number of hydrogen-bond acceptors (Lipinski definition) is 7. The van der Waals surface area contributed by atoms with Gasteiger partial charge in [-0.1, -0.05) is 24.3 Å². The van der Waals surface area contributed by atoms with E-state index in [4.69, 9.17) is 31.5 Å². The lowest BCUT2D eigenvalue weighted by Crippen LogP contribution is -2.25. The second-order valence-electron chi connectivity index (χ2n) is 7.75. The van der Waals surface area contributed by atoms with Gasteiger partial charge in [0.05, 0.1) is 38.6 Å². The predicted octanol–water partition coefficient (Wildman–Crippen LogP) is 5.29. The van der Waals surface area contributed by atoms with E-state index in [1.807, 2.05) is 57.1 Å². The van der Waals surface area contributed by atoms with Crippen LogP contribution in [0.3, 0.4) is 0 Å². The second-order valence-corrected chi connectivity index (χ2v) is 9.06. The van der Waals surface area contributed by atoms with Crippen molar-refractivity contribution < 1.29 is 14.2 Å². The number of likely N-dealkylation sites (N-methyl/N-ethyl adjacent to an activating group) is 1. The van der Waals surface area contributed by atoms with Crippen LogP contribution in [0, 0.1) is 4.77 Å². The molecule has 7 nitrogen and oxygen atoms in total. The van der Waals surface area contributed by atoms with Gasteiger partial charge in [-0.2, -0.15) is 0 Å². The molecule has 2 aromatic carbocycles. The molecule has 2 aromatic heterocycles. The van der Waals surface area contributed by atoms with E-state index >= 15 is 0 Å². The lowest BCUT2D eigenvalue weighted by Gasteiger charge is -2.17. The van der Waals surface area contributed by atoms with E-state index in [2.05, 4.69) is 24.1 Å². The molecule has 0 saturated heterocycles. The van der Waals surface area contributed by atoms with E-state index in [-0.39, 0.29) is 0 Å². The fraction of sp³-hybridized carbons (Fsp3) is 0.280. The summed E-state index contributed by atoms with van der Waals surface area (Å²) < 4.78 is 20.8. The molecule has 0 aliphatic heterocycles. The summed E-state index contributed by atoms with van der Waals surface area (Å²) in [6.07, 6.45) is 0.856. The molecule has 0 aliphatic carbocycles. The van der Waals surface area contributed by atoms with Crippen molar-refractivity contribution in [2.45, 2.75) is 13.1 Å².